The van der Waals surface area contributed by atoms with Gasteiger partial charge < -0.3 is 10.2 Å². The first-order valence-corrected chi connectivity index (χ1v) is 4.13. The molecule has 0 aromatic carbocycles. The minimum atomic E-state index is -2.05. The van der Waals surface area contributed by atoms with E-state index < -0.39 is 11.7 Å². The zero-order valence-corrected chi connectivity index (χ0v) is 6.52. The first-order chi connectivity index (χ1) is 4.50. The molecule has 4 N–H and O–H groups in total. The van der Waals surface area contributed by atoms with Crippen molar-refractivity contribution in [2.24, 2.45) is 5.73 Å². The second kappa shape index (κ2) is 6.51. The molecule has 1 atom stereocenters. The summed E-state index contributed by atoms with van der Waals surface area (Å²) in [6, 6.07) is 0. The number of aliphatic carboxylic acids is 1. The van der Waals surface area contributed by atoms with Gasteiger partial charge in [0.2, 0.25) is 5.72 Å². The molecule has 4 nitrogen and oxygen atoms in total. The fraction of sp³-hybridized carbons (Fsp3) is 0.800. The first-order valence-electron chi connectivity index (χ1n) is 2.74. The summed E-state index contributed by atoms with van der Waals surface area (Å²) in [5.74, 6) is -0.833. The van der Waals surface area contributed by atoms with E-state index in [1.54, 1.807) is 0 Å². The second-order valence-corrected chi connectivity index (χ2v) is 2.96. The summed E-state index contributed by atoms with van der Waals surface area (Å²) in [5.41, 5.74) is 2.94. The Bertz CT molecular complexity index is 131. The van der Waals surface area contributed by atoms with Gasteiger partial charge in [0, 0.05) is 6.42 Å². The van der Waals surface area contributed by atoms with Gasteiger partial charge in [-0.3, -0.25) is 5.73 Å². The number of carbonyl (C=O) groups is 1. The van der Waals surface area contributed by atoms with Gasteiger partial charge in [-0.15, -0.1) is 0 Å². The molecule has 0 amide bonds. The molecule has 0 bridgehead atoms. The standard InChI is InChI=1S/C5H11NO3S.Ca.2H/c1-10-3-2-5(6,9)4(7)8;;;/h9H,2-3,6H2,1H3,(H,7,8);;;/t5-;;;/m1.../s1. The van der Waals surface area contributed by atoms with Crippen LogP contribution in [-0.2, 0) is 4.79 Å². The van der Waals surface area contributed by atoms with E-state index in [4.69, 9.17) is 15.9 Å². The molecular formula is C5H13CaNO3S. The first kappa shape index (κ1) is 14.5. The van der Waals surface area contributed by atoms with Crippen LogP contribution in [0.25, 0.3) is 0 Å². The summed E-state index contributed by atoms with van der Waals surface area (Å²) in [7, 11) is 0. The Morgan fingerprint density at radius 3 is 2.45 bits per heavy atom. The molecule has 0 unspecified atom stereocenters. The molecule has 0 spiro atoms. The number of rotatable bonds is 4. The zero-order chi connectivity index (χ0) is 8.20. The van der Waals surface area contributed by atoms with E-state index in [1.165, 1.54) is 11.8 Å². The molecule has 0 aliphatic rings. The number of aliphatic hydroxyl groups is 1. The topological polar surface area (TPSA) is 83.5 Å². The predicted octanol–water partition coefficient (Wildman–Crippen LogP) is -1.44. The third kappa shape index (κ3) is 6.19. The number of hydrogen-bond donors (Lipinski definition) is 3. The molecule has 0 aliphatic carbocycles. The van der Waals surface area contributed by atoms with Crippen LogP contribution in [-0.4, -0.2) is 71.7 Å². The van der Waals surface area contributed by atoms with Crippen LogP contribution in [0.1, 0.15) is 6.42 Å². The molecule has 64 valence electrons. The molecule has 6 heteroatoms. The third-order valence-corrected chi connectivity index (χ3v) is 1.67. The van der Waals surface area contributed by atoms with Gasteiger partial charge in [-0.25, -0.2) is 4.79 Å². The molecule has 0 heterocycles. The van der Waals surface area contributed by atoms with Crippen LogP contribution in [0.5, 0.6) is 0 Å². The fourth-order valence-electron chi connectivity index (χ4n) is 0.365. The summed E-state index contributed by atoms with van der Waals surface area (Å²) in [6.45, 7) is 0. The Morgan fingerprint density at radius 1 is 1.73 bits per heavy atom. The maximum absolute atomic E-state index is 10.1. The van der Waals surface area contributed by atoms with Crippen molar-refractivity contribution >= 4 is 55.5 Å². The second-order valence-electron chi connectivity index (χ2n) is 1.97. The van der Waals surface area contributed by atoms with Crippen LogP contribution in [0, 0.1) is 0 Å². The van der Waals surface area contributed by atoms with Gasteiger partial charge in [0.05, 0.1) is 0 Å². The molecule has 0 rings (SSSR count). The summed E-state index contributed by atoms with van der Waals surface area (Å²) in [6.07, 6.45) is 1.89. The van der Waals surface area contributed by atoms with Crippen LogP contribution >= 0.6 is 11.8 Å². The molecule has 0 aromatic heterocycles. The van der Waals surface area contributed by atoms with E-state index in [9.17, 15) is 4.79 Å². The van der Waals surface area contributed by atoms with E-state index in [0.29, 0.717) is 5.75 Å². The van der Waals surface area contributed by atoms with Gasteiger partial charge in [0.15, 0.2) is 0 Å². The Morgan fingerprint density at radius 2 is 2.18 bits per heavy atom. The third-order valence-electron chi connectivity index (χ3n) is 1.06. The van der Waals surface area contributed by atoms with Gasteiger partial charge >= 0.3 is 43.7 Å². The average molecular weight is 207 g/mol. The van der Waals surface area contributed by atoms with E-state index in [1.807, 2.05) is 6.26 Å². The van der Waals surface area contributed by atoms with Gasteiger partial charge in [-0.05, 0) is 12.0 Å². The predicted molar refractivity (Wildman–Crippen MR) is 48.3 cm³/mol. The molecule has 0 saturated carbocycles. The molecule has 0 aliphatic heterocycles. The SMILES string of the molecule is CSCC[C@@](N)(O)C(=O)O.[CaH2]. The quantitative estimate of drug-likeness (QED) is 0.388. The van der Waals surface area contributed by atoms with Crippen molar-refractivity contribution in [3.63, 3.8) is 0 Å². The summed E-state index contributed by atoms with van der Waals surface area (Å²) in [5, 5.41) is 17.2. The van der Waals surface area contributed by atoms with Crippen molar-refractivity contribution in [2.75, 3.05) is 12.0 Å². The van der Waals surface area contributed by atoms with E-state index in [-0.39, 0.29) is 44.2 Å². The number of nitrogens with two attached hydrogens (primary N) is 1. The number of hydrogen-bond acceptors (Lipinski definition) is 4. The van der Waals surface area contributed by atoms with Crippen LogP contribution in [0.2, 0.25) is 0 Å². The van der Waals surface area contributed by atoms with Crippen molar-refractivity contribution in [1.82, 2.24) is 0 Å². The van der Waals surface area contributed by atoms with Crippen molar-refractivity contribution in [3.8, 4) is 0 Å². The van der Waals surface area contributed by atoms with E-state index in [0.717, 1.165) is 0 Å². The molecule has 11 heavy (non-hydrogen) atoms. The molecule has 0 saturated heterocycles. The van der Waals surface area contributed by atoms with Crippen LogP contribution in [0.15, 0.2) is 0 Å². The van der Waals surface area contributed by atoms with Gasteiger partial charge in [-0.2, -0.15) is 11.8 Å². The number of carboxylic acids is 1. The summed E-state index contributed by atoms with van der Waals surface area (Å²) in [4.78, 5) is 10.1. The van der Waals surface area contributed by atoms with Crippen molar-refractivity contribution in [2.45, 2.75) is 12.1 Å². The van der Waals surface area contributed by atoms with Crippen LogP contribution < -0.4 is 5.73 Å². The van der Waals surface area contributed by atoms with Crippen LogP contribution in [0.3, 0.4) is 0 Å². The summed E-state index contributed by atoms with van der Waals surface area (Å²) < 4.78 is 0. The monoisotopic (exact) mass is 207 g/mol. The van der Waals surface area contributed by atoms with Crippen molar-refractivity contribution in [1.29, 1.82) is 0 Å². The van der Waals surface area contributed by atoms with Gasteiger partial charge in [0.1, 0.15) is 0 Å². The summed E-state index contributed by atoms with van der Waals surface area (Å²) >= 11 is 1.44. The van der Waals surface area contributed by atoms with E-state index >= 15 is 0 Å². The minimum absolute atomic E-state index is 0. The van der Waals surface area contributed by atoms with Gasteiger partial charge in [-0.1, -0.05) is 0 Å². The number of thioether (sulfide) groups is 1. The molecule has 0 fully saturated rings. The van der Waals surface area contributed by atoms with E-state index in [2.05, 4.69) is 0 Å². The number of carboxylic acid groups (broad SMARTS) is 1. The maximum atomic E-state index is 10.1. The molecule has 0 radical (unpaired) electrons. The Hall–Kier alpha value is 1.000. The van der Waals surface area contributed by atoms with Crippen molar-refractivity contribution in [3.05, 3.63) is 0 Å². The Balaban J connectivity index is 0. The van der Waals surface area contributed by atoms with Crippen LogP contribution in [0.4, 0.5) is 0 Å². The average Bonchev–Trinajstić information content (AvgIpc) is 1.84. The molecular weight excluding hydrogens is 194 g/mol. The zero-order valence-electron chi connectivity index (χ0n) is 5.70. The van der Waals surface area contributed by atoms with Crippen molar-refractivity contribution < 1.29 is 15.0 Å². The Kier molecular flexibility index (Phi) is 8.59. The Labute approximate surface area is 99.5 Å². The fourth-order valence-corrected chi connectivity index (χ4v) is 0.880. The van der Waals surface area contributed by atoms with Gasteiger partial charge in [0.25, 0.3) is 0 Å². The molecule has 0 aromatic rings. The normalized spacial score (nSPS) is 14.8.